The van der Waals surface area contributed by atoms with Crippen LogP contribution >= 0.6 is 0 Å². The lowest BCUT2D eigenvalue weighted by molar-refractivity contribution is -0.127. The van der Waals surface area contributed by atoms with E-state index in [1.165, 1.54) is 0 Å². The van der Waals surface area contributed by atoms with Gasteiger partial charge in [0.2, 0.25) is 0 Å². The van der Waals surface area contributed by atoms with Gasteiger partial charge >= 0.3 is 0 Å². The van der Waals surface area contributed by atoms with Gasteiger partial charge in [-0.15, -0.1) is 0 Å². The van der Waals surface area contributed by atoms with E-state index in [2.05, 4.69) is 19.2 Å². The van der Waals surface area contributed by atoms with Crippen molar-refractivity contribution in [2.75, 3.05) is 6.54 Å². The first-order chi connectivity index (χ1) is 8.90. The molecular weight excluding hydrogens is 240 g/mol. The molecule has 4 nitrogen and oxygen atoms in total. The van der Waals surface area contributed by atoms with Crippen molar-refractivity contribution in [3.8, 4) is 5.75 Å². The van der Waals surface area contributed by atoms with Crippen LogP contribution in [0, 0.1) is 5.92 Å². The van der Waals surface area contributed by atoms with Crippen LogP contribution in [0.3, 0.4) is 0 Å². The average molecular weight is 264 g/mol. The number of carbonyl (C=O) groups is 1. The van der Waals surface area contributed by atoms with Gasteiger partial charge in [0, 0.05) is 12.6 Å². The fraction of sp³-hybridized carbons (Fsp3) is 0.533. The second-order valence-electron chi connectivity index (χ2n) is 5.26. The Bertz CT molecular complexity index is 416. The van der Waals surface area contributed by atoms with E-state index in [1.54, 1.807) is 6.92 Å². The van der Waals surface area contributed by atoms with Gasteiger partial charge in [-0.3, -0.25) is 4.79 Å². The molecule has 1 rings (SSSR count). The molecule has 0 aliphatic heterocycles. The minimum Gasteiger partial charge on any atom is -0.481 e. The van der Waals surface area contributed by atoms with Crippen LogP contribution in [0.25, 0.3) is 0 Å². The zero-order valence-electron chi connectivity index (χ0n) is 12.1. The Labute approximate surface area is 115 Å². The Morgan fingerprint density at radius 3 is 2.58 bits per heavy atom. The van der Waals surface area contributed by atoms with E-state index in [4.69, 9.17) is 10.5 Å². The van der Waals surface area contributed by atoms with Crippen molar-refractivity contribution in [3.05, 3.63) is 29.8 Å². The standard InChI is InChI=1S/C15H24N2O2/c1-10(2)9-17-15(18)12(4)19-14-7-5-6-13(8-14)11(3)16/h5-8,10-12H,9,16H2,1-4H3,(H,17,18). The van der Waals surface area contributed by atoms with E-state index in [-0.39, 0.29) is 11.9 Å². The van der Waals surface area contributed by atoms with E-state index >= 15 is 0 Å². The van der Waals surface area contributed by atoms with Crippen molar-refractivity contribution < 1.29 is 9.53 Å². The quantitative estimate of drug-likeness (QED) is 0.828. The average Bonchev–Trinajstić information content (AvgIpc) is 2.36. The third kappa shape index (κ3) is 5.30. The molecule has 0 saturated carbocycles. The van der Waals surface area contributed by atoms with Crippen molar-refractivity contribution in [3.63, 3.8) is 0 Å². The van der Waals surface area contributed by atoms with Crippen molar-refractivity contribution in [2.24, 2.45) is 11.7 Å². The SMILES string of the molecule is CC(C)CNC(=O)C(C)Oc1cccc(C(C)N)c1. The summed E-state index contributed by atoms with van der Waals surface area (Å²) in [6, 6.07) is 7.48. The fourth-order valence-corrected chi connectivity index (χ4v) is 1.58. The van der Waals surface area contributed by atoms with Crippen molar-refractivity contribution in [1.29, 1.82) is 0 Å². The lowest BCUT2D eigenvalue weighted by atomic mass is 10.1. The molecule has 2 unspecified atom stereocenters. The molecule has 0 aliphatic carbocycles. The summed E-state index contributed by atoms with van der Waals surface area (Å²) in [5.74, 6) is 1.000. The third-order valence-corrected chi connectivity index (χ3v) is 2.75. The minimum atomic E-state index is -0.512. The molecule has 0 fully saturated rings. The van der Waals surface area contributed by atoms with Gasteiger partial charge in [0.25, 0.3) is 5.91 Å². The molecule has 0 spiro atoms. The molecule has 1 amide bonds. The summed E-state index contributed by atoms with van der Waals surface area (Å²) in [4.78, 5) is 11.8. The van der Waals surface area contributed by atoms with Crippen molar-refractivity contribution >= 4 is 5.91 Å². The Kier molecular flexibility index (Phi) is 5.83. The second-order valence-corrected chi connectivity index (χ2v) is 5.26. The number of amides is 1. The Hall–Kier alpha value is -1.55. The molecule has 3 N–H and O–H groups in total. The smallest absolute Gasteiger partial charge is 0.260 e. The molecule has 2 atom stereocenters. The van der Waals surface area contributed by atoms with Gasteiger partial charge in [0.1, 0.15) is 5.75 Å². The monoisotopic (exact) mass is 264 g/mol. The summed E-state index contributed by atoms with van der Waals surface area (Å²) in [6.45, 7) is 8.42. The predicted molar refractivity (Wildman–Crippen MR) is 77.0 cm³/mol. The summed E-state index contributed by atoms with van der Waals surface area (Å²) in [5, 5.41) is 2.85. The number of rotatable bonds is 6. The predicted octanol–water partition coefficient (Wildman–Crippen LogP) is 2.25. The number of nitrogens with two attached hydrogens (primary N) is 1. The number of hydrogen-bond donors (Lipinski definition) is 2. The first-order valence-corrected chi connectivity index (χ1v) is 6.70. The highest BCUT2D eigenvalue weighted by Gasteiger charge is 2.14. The number of ether oxygens (including phenoxy) is 1. The molecule has 0 saturated heterocycles. The third-order valence-electron chi connectivity index (χ3n) is 2.75. The molecular formula is C15H24N2O2. The summed E-state index contributed by atoms with van der Waals surface area (Å²) < 4.78 is 5.63. The van der Waals surface area contributed by atoms with Crippen LogP contribution in [0.15, 0.2) is 24.3 Å². The Balaban J connectivity index is 2.58. The Morgan fingerprint density at radius 2 is 2.00 bits per heavy atom. The number of nitrogens with one attached hydrogen (secondary N) is 1. The molecule has 19 heavy (non-hydrogen) atoms. The largest absolute Gasteiger partial charge is 0.481 e. The van der Waals surface area contributed by atoms with Gasteiger partial charge in [0.05, 0.1) is 0 Å². The molecule has 0 radical (unpaired) electrons. The molecule has 1 aromatic carbocycles. The molecule has 0 aliphatic rings. The van der Waals surface area contributed by atoms with E-state index in [0.29, 0.717) is 18.2 Å². The van der Waals surface area contributed by atoms with Gasteiger partial charge in [-0.2, -0.15) is 0 Å². The molecule has 0 aromatic heterocycles. The molecule has 4 heteroatoms. The first kappa shape index (κ1) is 15.5. The zero-order chi connectivity index (χ0) is 14.4. The van der Waals surface area contributed by atoms with Crippen LogP contribution in [0.4, 0.5) is 0 Å². The van der Waals surface area contributed by atoms with Crippen LogP contribution in [-0.4, -0.2) is 18.6 Å². The lowest BCUT2D eigenvalue weighted by Crippen LogP contribution is -2.38. The van der Waals surface area contributed by atoms with Crippen LogP contribution in [0.2, 0.25) is 0 Å². The molecule has 0 heterocycles. The van der Waals surface area contributed by atoms with Crippen molar-refractivity contribution in [2.45, 2.75) is 39.8 Å². The maximum Gasteiger partial charge on any atom is 0.260 e. The number of hydrogen-bond acceptors (Lipinski definition) is 3. The zero-order valence-corrected chi connectivity index (χ0v) is 12.1. The highest BCUT2D eigenvalue weighted by molar-refractivity contribution is 5.80. The van der Waals surface area contributed by atoms with Gasteiger partial charge in [0.15, 0.2) is 6.10 Å². The highest BCUT2D eigenvalue weighted by atomic mass is 16.5. The first-order valence-electron chi connectivity index (χ1n) is 6.70. The maximum absolute atomic E-state index is 11.8. The van der Waals surface area contributed by atoms with Gasteiger partial charge < -0.3 is 15.8 Å². The summed E-state index contributed by atoms with van der Waals surface area (Å²) in [5.41, 5.74) is 6.81. The highest BCUT2D eigenvalue weighted by Crippen LogP contribution is 2.18. The molecule has 1 aromatic rings. The van der Waals surface area contributed by atoms with E-state index in [1.807, 2.05) is 31.2 Å². The lowest BCUT2D eigenvalue weighted by Gasteiger charge is -2.16. The van der Waals surface area contributed by atoms with E-state index in [0.717, 1.165) is 5.56 Å². The normalized spacial score (nSPS) is 14.0. The van der Waals surface area contributed by atoms with E-state index < -0.39 is 6.10 Å². The molecule has 106 valence electrons. The van der Waals surface area contributed by atoms with Crippen LogP contribution < -0.4 is 15.8 Å². The Morgan fingerprint density at radius 1 is 1.32 bits per heavy atom. The van der Waals surface area contributed by atoms with Crippen LogP contribution in [0.5, 0.6) is 5.75 Å². The van der Waals surface area contributed by atoms with Gasteiger partial charge in [-0.25, -0.2) is 0 Å². The summed E-state index contributed by atoms with van der Waals surface area (Å²) in [6.07, 6.45) is -0.512. The van der Waals surface area contributed by atoms with E-state index in [9.17, 15) is 4.79 Å². The second kappa shape index (κ2) is 7.14. The number of benzene rings is 1. The topological polar surface area (TPSA) is 64.3 Å². The van der Waals surface area contributed by atoms with Gasteiger partial charge in [-0.1, -0.05) is 26.0 Å². The fourth-order valence-electron chi connectivity index (χ4n) is 1.58. The van der Waals surface area contributed by atoms with Crippen LogP contribution in [-0.2, 0) is 4.79 Å². The summed E-state index contributed by atoms with van der Waals surface area (Å²) in [7, 11) is 0. The minimum absolute atomic E-state index is 0.0476. The van der Waals surface area contributed by atoms with Gasteiger partial charge in [-0.05, 0) is 37.5 Å². The van der Waals surface area contributed by atoms with Crippen LogP contribution in [0.1, 0.15) is 39.3 Å². The van der Waals surface area contributed by atoms with Crippen molar-refractivity contribution in [1.82, 2.24) is 5.32 Å². The number of carbonyl (C=O) groups excluding carboxylic acids is 1. The summed E-state index contributed by atoms with van der Waals surface area (Å²) >= 11 is 0. The maximum atomic E-state index is 11.8. The molecule has 0 bridgehead atoms.